The summed E-state index contributed by atoms with van der Waals surface area (Å²) in [6, 6.07) is 15.9. The summed E-state index contributed by atoms with van der Waals surface area (Å²) in [4.78, 5) is 0. The van der Waals surface area contributed by atoms with Crippen molar-refractivity contribution in [3.63, 3.8) is 0 Å². The number of rotatable bonds is 7. The number of halogens is 1. The van der Waals surface area contributed by atoms with E-state index in [-0.39, 0.29) is 10.8 Å². The first-order chi connectivity index (χ1) is 12.4. The quantitative estimate of drug-likeness (QED) is 0.400. The molecule has 0 amide bonds. The van der Waals surface area contributed by atoms with Crippen LogP contribution in [0.5, 0.6) is 0 Å². The molecule has 0 saturated heterocycles. The molecule has 0 bridgehead atoms. The first-order valence-corrected chi connectivity index (χ1v) is 11.1. The number of hydrogen-bond acceptors (Lipinski definition) is 0. The summed E-state index contributed by atoms with van der Waals surface area (Å²) >= 11 is 3.73. The highest BCUT2D eigenvalue weighted by molar-refractivity contribution is 9.10. The molecule has 26 heavy (non-hydrogen) atoms. The predicted molar refractivity (Wildman–Crippen MR) is 118 cm³/mol. The Morgan fingerprint density at radius 1 is 0.769 bits per heavy atom. The Bertz CT molecular complexity index is 758. The summed E-state index contributed by atoms with van der Waals surface area (Å²) in [6.45, 7) is 9.69. The summed E-state index contributed by atoms with van der Waals surface area (Å²) < 4.78 is 1.20. The highest BCUT2D eigenvalue weighted by atomic mass is 79.9. The van der Waals surface area contributed by atoms with Gasteiger partial charge in [-0.1, -0.05) is 112 Å². The highest BCUT2D eigenvalue weighted by Gasteiger charge is 2.48. The van der Waals surface area contributed by atoms with Crippen LogP contribution in [0.3, 0.4) is 0 Å². The van der Waals surface area contributed by atoms with E-state index >= 15 is 0 Å². The second-order valence-corrected chi connectivity index (χ2v) is 9.63. The van der Waals surface area contributed by atoms with Crippen LogP contribution in [0.1, 0.15) is 83.8 Å². The van der Waals surface area contributed by atoms with Crippen LogP contribution in [0, 0.1) is 0 Å². The summed E-state index contributed by atoms with van der Waals surface area (Å²) in [5.74, 6) is 0. The van der Waals surface area contributed by atoms with Gasteiger partial charge in [-0.15, -0.1) is 0 Å². The van der Waals surface area contributed by atoms with E-state index in [1.54, 1.807) is 0 Å². The minimum atomic E-state index is 0.126. The van der Waals surface area contributed by atoms with Gasteiger partial charge in [-0.25, -0.2) is 0 Å². The van der Waals surface area contributed by atoms with Crippen molar-refractivity contribution >= 4 is 15.9 Å². The van der Waals surface area contributed by atoms with Crippen molar-refractivity contribution in [3.05, 3.63) is 58.1 Å². The van der Waals surface area contributed by atoms with Gasteiger partial charge in [0.1, 0.15) is 0 Å². The molecular weight excluding hydrogens is 380 g/mol. The van der Waals surface area contributed by atoms with E-state index in [0.29, 0.717) is 0 Å². The first-order valence-electron chi connectivity index (χ1n) is 10.3. The zero-order chi connectivity index (χ0) is 18.8. The summed E-state index contributed by atoms with van der Waals surface area (Å²) in [6.07, 6.45) is 9.40. The van der Waals surface area contributed by atoms with Crippen LogP contribution in [0.4, 0.5) is 0 Å². The number of fused-ring (bicyclic) bond motifs is 3. The van der Waals surface area contributed by atoms with Crippen molar-refractivity contribution < 1.29 is 0 Å². The molecule has 2 aromatic rings. The van der Waals surface area contributed by atoms with Gasteiger partial charge in [0, 0.05) is 9.89 Å². The maximum atomic E-state index is 3.73. The molecule has 0 radical (unpaired) electrons. The fraction of sp³-hybridized carbons (Fsp3) is 0.520. The maximum absolute atomic E-state index is 3.73. The van der Waals surface area contributed by atoms with Crippen molar-refractivity contribution in [1.82, 2.24) is 0 Å². The first kappa shape index (κ1) is 19.7. The molecule has 0 saturated carbocycles. The van der Waals surface area contributed by atoms with Gasteiger partial charge >= 0.3 is 0 Å². The van der Waals surface area contributed by atoms with Gasteiger partial charge in [0.2, 0.25) is 0 Å². The molecule has 1 atom stereocenters. The number of benzene rings is 2. The van der Waals surface area contributed by atoms with Crippen molar-refractivity contribution in [3.8, 4) is 11.1 Å². The predicted octanol–water partition coefficient (Wildman–Crippen LogP) is 8.42. The van der Waals surface area contributed by atoms with E-state index in [2.05, 4.69) is 86.1 Å². The Morgan fingerprint density at radius 2 is 1.42 bits per heavy atom. The minimum absolute atomic E-state index is 0.126. The van der Waals surface area contributed by atoms with Gasteiger partial charge < -0.3 is 0 Å². The molecule has 0 nitrogen and oxygen atoms in total. The average molecular weight is 413 g/mol. The summed E-state index contributed by atoms with van der Waals surface area (Å²) in [5, 5.41) is 0. The van der Waals surface area contributed by atoms with Crippen LogP contribution in [0.2, 0.25) is 0 Å². The molecule has 1 aliphatic carbocycles. The van der Waals surface area contributed by atoms with Gasteiger partial charge in [0.15, 0.2) is 0 Å². The van der Waals surface area contributed by atoms with Crippen LogP contribution in [0.25, 0.3) is 11.1 Å². The van der Waals surface area contributed by atoms with Crippen LogP contribution in [-0.4, -0.2) is 0 Å². The van der Waals surface area contributed by atoms with Crippen LogP contribution >= 0.6 is 15.9 Å². The van der Waals surface area contributed by atoms with Crippen molar-refractivity contribution in [2.45, 2.75) is 83.5 Å². The third-order valence-corrected chi connectivity index (χ3v) is 7.37. The summed E-state index contributed by atoms with van der Waals surface area (Å²) in [5.41, 5.74) is 6.15. The van der Waals surface area contributed by atoms with E-state index in [4.69, 9.17) is 0 Å². The fourth-order valence-electron chi connectivity index (χ4n) is 4.81. The molecule has 1 unspecified atom stereocenters. The molecule has 140 valence electrons. The van der Waals surface area contributed by atoms with Gasteiger partial charge in [-0.3, -0.25) is 0 Å². The Hall–Kier alpha value is -1.08. The van der Waals surface area contributed by atoms with Crippen LogP contribution < -0.4 is 0 Å². The second kappa shape index (κ2) is 7.89. The smallest absolute Gasteiger partial charge is 0.0178 e. The van der Waals surface area contributed by atoms with Crippen LogP contribution in [-0.2, 0) is 10.8 Å². The van der Waals surface area contributed by atoms with Gasteiger partial charge in [-0.05, 0) is 46.2 Å². The SMILES string of the molecule is CCCCCCCCC1(C)c2cc(Br)ccc2-c2ccccc2C1(C)C. The molecule has 0 spiro atoms. The third-order valence-electron chi connectivity index (χ3n) is 6.88. The van der Waals surface area contributed by atoms with E-state index in [0.717, 1.165) is 0 Å². The topological polar surface area (TPSA) is 0 Å². The average Bonchev–Trinajstić information content (AvgIpc) is 2.63. The lowest BCUT2D eigenvalue weighted by Gasteiger charge is -2.50. The van der Waals surface area contributed by atoms with Crippen molar-refractivity contribution in [2.75, 3.05) is 0 Å². The molecule has 3 rings (SSSR count). The van der Waals surface area contributed by atoms with E-state index < -0.39 is 0 Å². The van der Waals surface area contributed by atoms with E-state index in [1.165, 1.54) is 71.7 Å². The fourth-order valence-corrected chi connectivity index (χ4v) is 5.17. The zero-order valence-corrected chi connectivity index (χ0v) is 18.5. The van der Waals surface area contributed by atoms with Gasteiger partial charge in [0.25, 0.3) is 0 Å². The van der Waals surface area contributed by atoms with Crippen molar-refractivity contribution in [2.24, 2.45) is 0 Å². The Balaban J connectivity index is 1.95. The minimum Gasteiger partial charge on any atom is -0.0654 e. The largest absolute Gasteiger partial charge is 0.0654 e. The lowest BCUT2D eigenvalue weighted by molar-refractivity contribution is 0.245. The molecule has 0 N–H and O–H groups in total. The Morgan fingerprint density at radius 3 is 2.19 bits per heavy atom. The standard InChI is InChI=1S/C25H33Br/c1-5-6-7-8-9-12-17-25(4)23-18-19(26)15-16-21(23)20-13-10-11-14-22(20)24(25,2)3/h10-11,13-16,18H,5-9,12,17H2,1-4H3. The summed E-state index contributed by atoms with van der Waals surface area (Å²) in [7, 11) is 0. The Kier molecular flexibility index (Phi) is 5.97. The molecule has 1 aliphatic rings. The van der Waals surface area contributed by atoms with E-state index in [1.807, 2.05) is 0 Å². The lowest BCUT2D eigenvalue weighted by Crippen LogP contribution is -2.45. The molecule has 2 aromatic carbocycles. The third kappa shape index (κ3) is 3.40. The Labute approximate surface area is 168 Å². The van der Waals surface area contributed by atoms with Gasteiger partial charge in [0.05, 0.1) is 0 Å². The second-order valence-electron chi connectivity index (χ2n) is 8.71. The molecule has 0 aromatic heterocycles. The number of unbranched alkanes of at least 4 members (excludes halogenated alkanes) is 5. The lowest BCUT2D eigenvalue weighted by atomic mass is 9.53. The van der Waals surface area contributed by atoms with Gasteiger partial charge in [-0.2, -0.15) is 0 Å². The van der Waals surface area contributed by atoms with E-state index in [9.17, 15) is 0 Å². The normalized spacial score (nSPS) is 20.5. The number of hydrogen-bond donors (Lipinski definition) is 0. The highest BCUT2D eigenvalue weighted by Crippen LogP contribution is 2.56. The zero-order valence-electron chi connectivity index (χ0n) is 16.9. The molecule has 1 heteroatoms. The molecule has 0 heterocycles. The molecule has 0 aliphatic heterocycles. The van der Waals surface area contributed by atoms with Crippen molar-refractivity contribution in [1.29, 1.82) is 0 Å². The van der Waals surface area contributed by atoms with Crippen LogP contribution in [0.15, 0.2) is 46.9 Å². The molecular formula is C25H33Br. The molecule has 0 fully saturated rings. The monoisotopic (exact) mass is 412 g/mol. The maximum Gasteiger partial charge on any atom is 0.0178 e.